The summed E-state index contributed by atoms with van der Waals surface area (Å²) in [6.45, 7) is 3.91. The first-order valence-corrected chi connectivity index (χ1v) is 7.23. The number of ether oxygens (including phenoxy) is 1. The summed E-state index contributed by atoms with van der Waals surface area (Å²) in [4.78, 5) is 12.2. The van der Waals surface area contributed by atoms with Gasteiger partial charge in [-0.25, -0.2) is 0 Å². The van der Waals surface area contributed by atoms with Crippen molar-refractivity contribution in [3.8, 4) is 5.75 Å². The van der Waals surface area contributed by atoms with Crippen LogP contribution in [0.4, 0.5) is 5.69 Å². The van der Waals surface area contributed by atoms with Crippen molar-refractivity contribution in [1.29, 1.82) is 0 Å². The normalized spacial score (nSPS) is 9.95. The first kappa shape index (κ1) is 16.0. The minimum Gasteiger partial charge on any atom is -0.497 e. The third-order valence-electron chi connectivity index (χ3n) is 3.04. The summed E-state index contributed by atoms with van der Waals surface area (Å²) in [6, 6.07) is 13.0. The van der Waals surface area contributed by atoms with E-state index in [1.54, 1.807) is 13.2 Å². The molecule has 1 amide bonds. The van der Waals surface area contributed by atoms with Crippen LogP contribution < -0.4 is 15.4 Å². The summed E-state index contributed by atoms with van der Waals surface area (Å²) in [6.07, 6.45) is 0. The number of anilines is 1. The molecule has 0 radical (unpaired) electrons. The Morgan fingerprint density at radius 2 is 1.77 bits per heavy atom. The Hall–Kier alpha value is -2.40. The highest BCUT2D eigenvalue weighted by Crippen LogP contribution is 2.16. The molecular weight excluding hydrogens is 296 g/mol. The molecule has 0 aromatic heterocycles. The molecule has 0 aliphatic carbocycles. The zero-order valence-electron chi connectivity index (χ0n) is 12.8. The van der Waals surface area contributed by atoms with Crippen LogP contribution in [0.2, 0.25) is 0 Å². The molecule has 2 rings (SSSR count). The molecular formula is C17H18N2O2S. The maximum absolute atomic E-state index is 12.2. The Kier molecular flexibility index (Phi) is 5.12. The van der Waals surface area contributed by atoms with Gasteiger partial charge in [0.1, 0.15) is 5.75 Å². The smallest absolute Gasteiger partial charge is 0.257 e. The van der Waals surface area contributed by atoms with E-state index in [2.05, 4.69) is 10.6 Å². The average molecular weight is 314 g/mol. The van der Waals surface area contributed by atoms with Crippen molar-refractivity contribution < 1.29 is 9.53 Å². The zero-order valence-corrected chi connectivity index (χ0v) is 13.6. The maximum Gasteiger partial charge on any atom is 0.257 e. The summed E-state index contributed by atoms with van der Waals surface area (Å²) in [5, 5.41) is 5.89. The van der Waals surface area contributed by atoms with Gasteiger partial charge in [-0.3, -0.25) is 10.1 Å². The SMILES string of the molecule is COc1cccc(NC(=S)NC(=O)c2cc(C)cc(C)c2)c1. The average Bonchev–Trinajstić information content (AvgIpc) is 2.46. The molecule has 0 spiro atoms. The van der Waals surface area contributed by atoms with Gasteiger partial charge < -0.3 is 10.1 Å². The molecule has 0 bridgehead atoms. The molecule has 5 heteroatoms. The predicted octanol–water partition coefficient (Wildman–Crippen LogP) is 3.44. The molecule has 22 heavy (non-hydrogen) atoms. The van der Waals surface area contributed by atoms with Gasteiger partial charge >= 0.3 is 0 Å². The minimum atomic E-state index is -0.229. The van der Waals surface area contributed by atoms with Crippen LogP contribution in [0.5, 0.6) is 5.75 Å². The summed E-state index contributed by atoms with van der Waals surface area (Å²) >= 11 is 5.17. The molecule has 0 aliphatic heterocycles. The van der Waals surface area contributed by atoms with Gasteiger partial charge in [0, 0.05) is 17.3 Å². The second-order valence-corrected chi connectivity index (χ2v) is 5.42. The topological polar surface area (TPSA) is 50.4 Å². The van der Waals surface area contributed by atoms with Gasteiger partial charge in [0.05, 0.1) is 7.11 Å². The number of thiocarbonyl (C=S) groups is 1. The highest BCUT2D eigenvalue weighted by atomic mass is 32.1. The van der Waals surface area contributed by atoms with E-state index in [9.17, 15) is 4.79 Å². The molecule has 4 nitrogen and oxygen atoms in total. The molecule has 2 aromatic rings. The molecule has 0 aliphatic rings. The molecule has 0 unspecified atom stereocenters. The van der Waals surface area contributed by atoms with Crippen molar-refractivity contribution in [3.05, 3.63) is 59.2 Å². The molecule has 0 fully saturated rings. The number of hydrogen-bond acceptors (Lipinski definition) is 3. The highest BCUT2D eigenvalue weighted by molar-refractivity contribution is 7.80. The number of aryl methyl sites for hydroxylation is 2. The van der Waals surface area contributed by atoms with Gasteiger partial charge in [-0.15, -0.1) is 0 Å². The molecule has 0 heterocycles. The lowest BCUT2D eigenvalue weighted by Crippen LogP contribution is -2.34. The van der Waals surface area contributed by atoms with E-state index in [-0.39, 0.29) is 11.0 Å². The first-order valence-electron chi connectivity index (χ1n) is 6.82. The Labute approximate surface area is 135 Å². The number of carbonyl (C=O) groups is 1. The number of nitrogens with one attached hydrogen (secondary N) is 2. The standard InChI is InChI=1S/C17H18N2O2S/c1-11-7-12(2)9-13(8-11)16(20)19-17(22)18-14-5-4-6-15(10-14)21-3/h4-10H,1-3H3,(H2,18,19,20,22). The number of carbonyl (C=O) groups excluding carboxylic acids is 1. The lowest BCUT2D eigenvalue weighted by atomic mass is 10.1. The third kappa shape index (κ3) is 4.30. The Balaban J connectivity index is 2.03. The van der Waals surface area contributed by atoms with Crippen LogP contribution in [0, 0.1) is 13.8 Å². The minimum absolute atomic E-state index is 0.229. The van der Waals surface area contributed by atoms with Crippen LogP contribution >= 0.6 is 12.2 Å². The van der Waals surface area contributed by atoms with Gasteiger partial charge in [-0.05, 0) is 50.3 Å². The molecule has 2 aromatic carbocycles. The van der Waals surface area contributed by atoms with Crippen LogP contribution in [-0.2, 0) is 0 Å². The number of methoxy groups -OCH3 is 1. The van der Waals surface area contributed by atoms with E-state index in [0.717, 1.165) is 16.8 Å². The highest BCUT2D eigenvalue weighted by Gasteiger charge is 2.09. The fourth-order valence-corrected chi connectivity index (χ4v) is 2.35. The maximum atomic E-state index is 12.2. The van der Waals surface area contributed by atoms with Gasteiger partial charge in [-0.1, -0.05) is 23.3 Å². The van der Waals surface area contributed by atoms with E-state index < -0.39 is 0 Å². The quantitative estimate of drug-likeness (QED) is 0.852. The van der Waals surface area contributed by atoms with Crippen molar-refractivity contribution in [2.75, 3.05) is 12.4 Å². The van der Waals surface area contributed by atoms with E-state index in [1.165, 1.54) is 0 Å². The lowest BCUT2D eigenvalue weighted by molar-refractivity contribution is 0.0977. The van der Waals surface area contributed by atoms with E-state index >= 15 is 0 Å². The number of hydrogen-bond donors (Lipinski definition) is 2. The number of amides is 1. The zero-order chi connectivity index (χ0) is 16.1. The van der Waals surface area contributed by atoms with Crippen molar-refractivity contribution >= 4 is 28.9 Å². The third-order valence-corrected chi connectivity index (χ3v) is 3.24. The second kappa shape index (κ2) is 7.04. The van der Waals surface area contributed by atoms with Gasteiger partial charge in [0.2, 0.25) is 0 Å². The van der Waals surface area contributed by atoms with Gasteiger partial charge in [0.25, 0.3) is 5.91 Å². The molecule has 0 atom stereocenters. The summed E-state index contributed by atoms with van der Waals surface area (Å²) in [7, 11) is 1.60. The van der Waals surface area contributed by atoms with Crippen LogP contribution in [0.25, 0.3) is 0 Å². The van der Waals surface area contributed by atoms with Crippen molar-refractivity contribution in [1.82, 2.24) is 5.32 Å². The molecule has 114 valence electrons. The Morgan fingerprint density at radius 1 is 1.09 bits per heavy atom. The number of rotatable bonds is 3. The van der Waals surface area contributed by atoms with Crippen molar-refractivity contribution in [2.24, 2.45) is 0 Å². The van der Waals surface area contributed by atoms with Crippen molar-refractivity contribution in [2.45, 2.75) is 13.8 Å². The molecule has 2 N–H and O–H groups in total. The Morgan fingerprint density at radius 3 is 2.41 bits per heavy atom. The van der Waals surface area contributed by atoms with Crippen LogP contribution in [0.1, 0.15) is 21.5 Å². The largest absolute Gasteiger partial charge is 0.497 e. The van der Waals surface area contributed by atoms with E-state index in [0.29, 0.717) is 11.3 Å². The van der Waals surface area contributed by atoms with Crippen LogP contribution in [-0.4, -0.2) is 18.1 Å². The Bertz CT molecular complexity index is 693. The number of benzene rings is 2. The second-order valence-electron chi connectivity index (χ2n) is 5.02. The van der Waals surface area contributed by atoms with Gasteiger partial charge in [0.15, 0.2) is 5.11 Å². The summed E-state index contributed by atoms with van der Waals surface area (Å²) in [5.74, 6) is 0.487. The fourth-order valence-electron chi connectivity index (χ4n) is 2.14. The summed E-state index contributed by atoms with van der Waals surface area (Å²) in [5.41, 5.74) is 3.42. The van der Waals surface area contributed by atoms with Crippen LogP contribution in [0.3, 0.4) is 0 Å². The predicted molar refractivity (Wildman–Crippen MR) is 92.6 cm³/mol. The van der Waals surface area contributed by atoms with Crippen LogP contribution in [0.15, 0.2) is 42.5 Å². The van der Waals surface area contributed by atoms with Gasteiger partial charge in [-0.2, -0.15) is 0 Å². The van der Waals surface area contributed by atoms with E-state index in [4.69, 9.17) is 17.0 Å². The molecule has 0 saturated heterocycles. The molecule has 0 saturated carbocycles. The lowest BCUT2D eigenvalue weighted by Gasteiger charge is -2.11. The summed E-state index contributed by atoms with van der Waals surface area (Å²) < 4.78 is 5.14. The van der Waals surface area contributed by atoms with Crippen molar-refractivity contribution in [3.63, 3.8) is 0 Å². The van der Waals surface area contributed by atoms with E-state index in [1.807, 2.05) is 50.2 Å². The fraction of sp³-hybridized carbons (Fsp3) is 0.176. The monoisotopic (exact) mass is 314 g/mol. The first-order chi connectivity index (χ1) is 10.5.